The van der Waals surface area contributed by atoms with Gasteiger partial charge in [-0.15, -0.1) is 0 Å². The molecule has 0 spiro atoms. The van der Waals surface area contributed by atoms with E-state index in [0.717, 1.165) is 57.8 Å². The Morgan fingerprint density at radius 2 is 1.02 bits per heavy atom. The van der Waals surface area contributed by atoms with Crippen molar-refractivity contribution in [2.75, 3.05) is 26.4 Å². The number of carbonyl (C=O) groups excluding carboxylic acids is 1. The first kappa shape index (κ1) is 51.7. The number of aliphatic carboxylic acids is 1. The van der Waals surface area contributed by atoms with Crippen LogP contribution in [0.15, 0.2) is 12.2 Å². The fourth-order valence-electron chi connectivity index (χ4n) is 6.14. The van der Waals surface area contributed by atoms with Crippen LogP contribution in [0, 0.1) is 0 Å². The monoisotopic (exact) mass is 776 g/mol. The van der Waals surface area contributed by atoms with Crippen molar-refractivity contribution in [3.8, 4) is 0 Å². The van der Waals surface area contributed by atoms with Crippen molar-refractivity contribution in [1.82, 2.24) is 0 Å². The zero-order chi connectivity index (χ0) is 39.1. The van der Waals surface area contributed by atoms with Crippen LogP contribution < -0.4 is 5.73 Å². The van der Waals surface area contributed by atoms with Gasteiger partial charge in [0.1, 0.15) is 12.1 Å². The molecule has 0 fully saturated rings. The van der Waals surface area contributed by atoms with Crippen molar-refractivity contribution < 1.29 is 42.7 Å². The van der Waals surface area contributed by atoms with Crippen molar-refractivity contribution in [2.45, 2.75) is 219 Å². The van der Waals surface area contributed by atoms with Crippen LogP contribution in [0.5, 0.6) is 0 Å². The number of phosphoric ester groups is 1. The largest absolute Gasteiger partial charge is 0.480 e. The second kappa shape index (κ2) is 39.0. The molecule has 0 aliphatic carbocycles. The summed E-state index contributed by atoms with van der Waals surface area (Å²) in [7, 11) is -4.61. The van der Waals surface area contributed by atoms with Crippen molar-refractivity contribution >= 4 is 19.8 Å². The van der Waals surface area contributed by atoms with Crippen molar-refractivity contribution in [3.63, 3.8) is 0 Å². The summed E-state index contributed by atoms with van der Waals surface area (Å²) in [6.07, 6.45) is 39.9. The Morgan fingerprint density at radius 1 is 0.585 bits per heavy atom. The van der Waals surface area contributed by atoms with Crippen LogP contribution >= 0.6 is 7.82 Å². The Morgan fingerprint density at radius 3 is 1.51 bits per heavy atom. The fraction of sp³-hybridized carbons (Fsp3) is 0.905. The normalized spacial score (nSPS) is 14.0. The van der Waals surface area contributed by atoms with Crippen LogP contribution in [0.4, 0.5) is 0 Å². The topological polar surface area (TPSA) is 155 Å². The maximum absolute atomic E-state index is 12.5. The molecule has 10 nitrogen and oxygen atoms in total. The number of rotatable bonds is 42. The zero-order valence-electron chi connectivity index (χ0n) is 34.1. The molecule has 0 saturated carbocycles. The third kappa shape index (κ3) is 38.8. The van der Waals surface area contributed by atoms with E-state index in [1.165, 1.54) is 122 Å². The highest BCUT2D eigenvalue weighted by Crippen LogP contribution is 2.43. The number of carboxylic acids is 1. The molecular weight excluding hydrogens is 693 g/mol. The van der Waals surface area contributed by atoms with E-state index in [-0.39, 0.29) is 13.0 Å². The number of unbranched alkanes of at least 4 members (excludes halogenated alkanes) is 26. The van der Waals surface area contributed by atoms with E-state index in [1.54, 1.807) is 0 Å². The maximum Gasteiger partial charge on any atom is 0.472 e. The Bertz CT molecular complexity index is 904. The molecule has 0 saturated heterocycles. The minimum atomic E-state index is -4.61. The molecule has 4 N–H and O–H groups in total. The second-order valence-corrected chi connectivity index (χ2v) is 16.3. The number of allylic oxidation sites excluding steroid dienone is 2. The standard InChI is InChI=1S/C42H82NO9P/c1-3-5-7-9-11-13-15-16-17-18-19-20-21-22-23-24-25-27-29-31-33-35-49-36-39(37-50-53(47,48)51-38-40(43)42(45)46)52-41(44)34-32-30-28-26-14-12-10-8-6-4-2/h8,10,39-40H,3-7,9,11-38,43H2,1-2H3,(H,45,46)(H,47,48)/b10-8-. The molecule has 0 radical (unpaired) electrons. The highest BCUT2D eigenvalue weighted by atomic mass is 31.2. The highest BCUT2D eigenvalue weighted by Gasteiger charge is 2.27. The van der Waals surface area contributed by atoms with Crippen LogP contribution in [0.25, 0.3) is 0 Å². The highest BCUT2D eigenvalue weighted by molar-refractivity contribution is 7.47. The molecule has 0 aliphatic rings. The lowest BCUT2D eigenvalue weighted by Crippen LogP contribution is -2.34. The Labute approximate surface area is 324 Å². The summed E-state index contributed by atoms with van der Waals surface area (Å²) in [6, 6.07) is -1.47. The van der Waals surface area contributed by atoms with Crippen molar-refractivity contribution in [3.05, 3.63) is 12.2 Å². The van der Waals surface area contributed by atoms with Gasteiger partial charge in [0.05, 0.1) is 19.8 Å². The van der Waals surface area contributed by atoms with Crippen molar-refractivity contribution in [1.29, 1.82) is 0 Å². The van der Waals surface area contributed by atoms with Crippen LogP contribution in [0.3, 0.4) is 0 Å². The summed E-state index contributed by atoms with van der Waals surface area (Å²) in [6.45, 7) is 3.83. The third-order valence-electron chi connectivity index (χ3n) is 9.53. The van der Waals surface area contributed by atoms with Crippen LogP contribution in [0.1, 0.15) is 206 Å². The van der Waals surface area contributed by atoms with Gasteiger partial charge in [0, 0.05) is 13.0 Å². The molecule has 0 bridgehead atoms. The van der Waals surface area contributed by atoms with Gasteiger partial charge in [-0.3, -0.25) is 18.6 Å². The Kier molecular flexibility index (Phi) is 38.0. The number of carboxylic acid groups (broad SMARTS) is 1. The van der Waals surface area contributed by atoms with Crippen LogP contribution in [0.2, 0.25) is 0 Å². The molecule has 0 rings (SSSR count). The van der Waals surface area contributed by atoms with E-state index in [2.05, 4.69) is 26.0 Å². The molecule has 0 aliphatic heterocycles. The van der Waals surface area contributed by atoms with E-state index in [1.807, 2.05) is 0 Å². The number of hydrogen-bond acceptors (Lipinski definition) is 8. The summed E-state index contributed by atoms with van der Waals surface area (Å²) < 4.78 is 33.3. The summed E-state index contributed by atoms with van der Waals surface area (Å²) in [5.41, 5.74) is 5.34. The summed E-state index contributed by atoms with van der Waals surface area (Å²) in [4.78, 5) is 33.4. The van der Waals surface area contributed by atoms with Gasteiger partial charge in [-0.1, -0.05) is 180 Å². The third-order valence-corrected chi connectivity index (χ3v) is 10.5. The lowest BCUT2D eigenvalue weighted by atomic mass is 10.0. The Hall–Kier alpha value is -1.29. The minimum absolute atomic E-state index is 0.0190. The van der Waals surface area contributed by atoms with E-state index in [0.29, 0.717) is 13.0 Å². The van der Waals surface area contributed by atoms with Gasteiger partial charge >= 0.3 is 19.8 Å². The molecular formula is C42H82NO9P. The van der Waals surface area contributed by atoms with Crippen LogP contribution in [-0.2, 0) is 32.7 Å². The van der Waals surface area contributed by atoms with Gasteiger partial charge in [0.2, 0.25) is 0 Å². The molecule has 0 heterocycles. The number of ether oxygens (including phenoxy) is 2. The summed E-state index contributed by atoms with van der Waals surface area (Å²) in [5.74, 6) is -1.78. The van der Waals surface area contributed by atoms with Gasteiger partial charge < -0.3 is 25.2 Å². The molecule has 0 amide bonds. The number of hydrogen-bond donors (Lipinski definition) is 3. The van der Waals surface area contributed by atoms with E-state index >= 15 is 0 Å². The first-order valence-corrected chi connectivity index (χ1v) is 23.2. The molecule has 0 aromatic carbocycles. The zero-order valence-corrected chi connectivity index (χ0v) is 35.0. The van der Waals surface area contributed by atoms with E-state index in [9.17, 15) is 19.0 Å². The number of nitrogens with two attached hydrogens (primary N) is 1. The lowest BCUT2D eigenvalue weighted by Gasteiger charge is -2.20. The van der Waals surface area contributed by atoms with Gasteiger partial charge in [-0.2, -0.15) is 0 Å². The van der Waals surface area contributed by atoms with E-state index in [4.69, 9.17) is 29.4 Å². The first-order chi connectivity index (χ1) is 25.7. The van der Waals surface area contributed by atoms with E-state index < -0.39 is 45.1 Å². The average molecular weight is 776 g/mol. The van der Waals surface area contributed by atoms with Gasteiger partial charge in [0.25, 0.3) is 0 Å². The van der Waals surface area contributed by atoms with Gasteiger partial charge in [-0.05, 0) is 32.1 Å². The SMILES string of the molecule is CCC/C=C\CCCCCCCC(=O)OC(COCCCCCCCCCCCCCCCCCCCCCCC)COP(=O)(O)OCC(N)C(=O)O. The number of carbonyl (C=O) groups is 2. The molecule has 0 aromatic rings. The quantitative estimate of drug-likeness (QED) is 0.0236. The summed E-state index contributed by atoms with van der Waals surface area (Å²) in [5, 5.41) is 8.88. The summed E-state index contributed by atoms with van der Waals surface area (Å²) >= 11 is 0. The predicted molar refractivity (Wildman–Crippen MR) is 217 cm³/mol. The fourth-order valence-corrected chi connectivity index (χ4v) is 6.91. The molecule has 314 valence electrons. The van der Waals surface area contributed by atoms with Crippen molar-refractivity contribution in [2.24, 2.45) is 5.73 Å². The average Bonchev–Trinajstić information content (AvgIpc) is 3.13. The minimum Gasteiger partial charge on any atom is -0.480 e. The lowest BCUT2D eigenvalue weighted by molar-refractivity contribution is -0.154. The number of esters is 1. The molecule has 11 heteroatoms. The number of phosphoric acid groups is 1. The smallest absolute Gasteiger partial charge is 0.472 e. The Balaban J connectivity index is 4.08. The molecule has 0 aromatic heterocycles. The first-order valence-electron chi connectivity index (χ1n) is 21.7. The van der Waals surface area contributed by atoms with Gasteiger partial charge in [-0.25, -0.2) is 4.57 Å². The molecule has 3 unspecified atom stereocenters. The molecule has 3 atom stereocenters. The van der Waals surface area contributed by atoms with Gasteiger partial charge in [0.15, 0.2) is 0 Å². The van der Waals surface area contributed by atoms with Crippen LogP contribution in [-0.4, -0.2) is 60.5 Å². The molecule has 53 heavy (non-hydrogen) atoms. The predicted octanol–water partition coefficient (Wildman–Crippen LogP) is 11.8. The second-order valence-electron chi connectivity index (χ2n) is 14.8. The maximum atomic E-state index is 12.5.